The second-order valence-corrected chi connectivity index (χ2v) is 5.60. The fourth-order valence-electron chi connectivity index (χ4n) is 2.71. The Morgan fingerprint density at radius 1 is 1.20 bits per heavy atom. The number of nitrogens with one attached hydrogen (secondary N) is 1. The van der Waals surface area contributed by atoms with E-state index in [-0.39, 0.29) is 0 Å². The number of para-hydroxylation sites is 1. The standard InChI is InChI=1S/C20H20N2O3/c1-4-25-20(23)17-12-21-18-13(2)7-5-10-16(18)19(17)22-14-8-6-9-15(11-14)24-3/h5-12H,4H2,1-3H3,(H,21,22). The van der Waals surface area contributed by atoms with Crippen molar-refractivity contribution in [3.05, 3.63) is 59.8 Å². The molecule has 0 atom stereocenters. The minimum atomic E-state index is -0.399. The Balaban J connectivity index is 2.16. The van der Waals surface area contributed by atoms with Gasteiger partial charge in [-0.2, -0.15) is 0 Å². The predicted molar refractivity (Wildman–Crippen MR) is 98.7 cm³/mol. The van der Waals surface area contributed by atoms with Crippen molar-refractivity contribution in [2.45, 2.75) is 13.8 Å². The zero-order valence-electron chi connectivity index (χ0n) is 14.5. The molecule has 0 saturated heterocycles. The van der Waals surface area contributed by atoms with Crippen LogP contribution in [0.2, 0.25) is 0 Å². The molecule has 0 aliphatic rings. The van der Waals surface area contributed by atoms with Crippen molar-refractivity contribution in [3.63, 3.8) is 0 Å². The number of methoxy groups -OCH3 is 1. The summed E-state index contributed by atoms with van der Waals surface area (Å²) in [6.07, 6.45) is 1.57. The Morgan fingerprint density at radius 3 is 2.76 bits per heavy atom. The van der Waals surface area contributed by atoms with Gasteiger partial charge in [0, 0.05) is 23.3 Å². The third kappa shape index (κ3) is 3.40. The molecule has 3 aromatic rings. The Bertz CT molecular complexity index is 922. The molecule has 1 heterocycles. The van der Waals surface area contributed by atoms with Gasteiger partial charge in [0.2, 0.25) is 0 Å². The molecule has 0 aliphatic heterocycles. The smallest absolute Gasteiger partial charge is 0.341 e. The van der Waals surface area contributed by atoms with Gasteiger partial charge in [-0.1, -0.05) is 24.3 Å². The lowest BCUT2D eigenvalue weighted by Gasteiger charge is -2.15. The van der Waals surface area contributed by atoms with Gasteiger partial charge in [-0.3, -0.25) is 4.98 Å². The molecular weight excluding hydrogens is 316 g/mol. The van der Waals surface area contributed by atoms with Gasteiger partial charge in [0.1, 0.15) is 11.3 Å². The van der Waals surface area contributed by atoms with Crippen LogP contribution in [0.4, 0.5) is 11.4 Å². The molecule has 1 aromatic heterocycles. The number of pyridine rings is 1. The summed E-state index contributed by atoms with van der Waals surface area (Å²) in [6.45, 7) is 4.09. The van der Waals surface area contributed by atoms with Crippen molar-refractivity contribution in [3.8, 4) is 5.75 Å². The first-order valence-electron chi connectivity index (χ1n) is 8.10. The lowest BCUT2D eigenvalue weighted by molar-refractivity contribution is 0.0527. The summed E-state index contributed by atoms with van der Waals surface area (Å²) < 4.78 is 10.5. The molecule has 0 radical (unpaired) electrons. The average molecular weight is 336 g/mol. The van der Waals surface area contributed by atoms with Gasteiger partial charge >= 0.3 is 5.97 Å². The van der Waals surface area contributed by atoms with Crippen LogP contribution in [0.5, 0.6) is 5.75 Å². The first-order chi connectivity index (χ1) is 12.1. The summed E-state index contributed by atoms with van der Waals surface area (Å²) in [6, 6.07) is 13.4. The van der Waals surface area contributed by atoms with Crippen LogP contribution in [0.3, 0.4) is 0 Å². The normalized spacial score (nSPS) is 10.5. The number of hydrogen-bond acceptors (Lipinski definition) is 5. The van der Waals surface area contributed by atoms with Gasteiger partial charge in [-0.05, 0) is 31.5 Å². The molecule has 0 saturated carbocycles. The van der Waals surface area contributed by atoms with Crippen LogP contribution in [0.25, 0.3) is 10.9 Å². The van der Waals surface area contributed by atoms with Crippen LogP contribution in [0, 0.1) is 6.92 Å². The van der Waals surface area contributed by atoms with Crippen LogP contribution < -0.4 is 10.1 Å². The van der Waals surface area contributed by atoms with Crippen LogP contribution in [-0.2, 0) is 4.74 Å². The first-order valence-corrected chi connectivity index (χ1v) is 8.10. The predicted octanol–water partition coefficient (Wildman–Crippen LogP) is 4.47. The van der Waals surface area contributed by atoms with E-state index in [0.717, 1.165) is 27.9 Å². The monoisotopic (exact) mass is 336 g/mol. The molecule has 5 nitrogen and oxygen atoms in total. The number of benzene rings is 2. The number of carbonyl (C=O) groups is 1. The van der Waals surface area contributed by atoms with E-state index in [2.05, 4.69) is 10.3 Å². The van der Waals surface area contributed by atoms with Crippen molar-refractivity contribution in [1.82, 2.24) is 4.98 Å². The molecule has 0 spiro atoms. The summed E-state index contributed by atoms with van der Waals surface area (Å²) >= 11 is 0. The number of rotatable bonds is 5. The van der Waals surface area contributed by atoms with Gasteiger partial charge in [0.25, 0.3) is 0 Å². The lowest BCUT2D eigenvalue weighted by atomic mass is 10.1. The molecule has 2 aromatic carbocycles. The van der Waals surface area contributed by atoms with Crippen molar-refractivity contribution >= 4 is 28.2 Å². The first kappa shape index (κ1) is 16.8. The second-order valence-electron chi connectivity index (χ2n) is 5.60. The molecular formula is C20H20N2O3. The summed E-state index contributed by atoms with van der Waals surface area (Å²) in [7, 11) is 1.62. The zero-order chi connectivity index (χ0) is 17.8. The number of aryl methyl sites for hydroxylation is 1. The Kier molecular flexibility index (Phi) is 4.84. The Hall–Kier alpha value is -3.08. The van der Waals surface area contributed by atoms with E-state index >= 15 is 0 Å². The zero-order valence-corrected chi connectivity index (χ0v) is 14.5. The van der Waals surface area contributed by atoms with Gasteiger partial charge < -0.3 is 14.8 Å². The van der Waals surface area contributed by atoms with E-state index in [9.17, 15) is 4.79 Å². The van der Waals surface area contributed by atoms with E-state index in [1.54, 1.807) is 20.2 Å². The van der Waals surface area contributed by atoms with Gasteiger partial charge in [-0.25, -0.2) is 4.79 Å². The highest BCUT2D eigenvalue weighted by Gasteiger charge is 2.17. The number of esters is 1. The molecule has 1 N–H and O–H groups in total. The summed E-state index contributed by atoms with van der Waals surface area (Å²) in [5.74, 6) is 0.334. The van der Waals surface area contributed by atoms with E-state index in [0.29, 0.717) is 17.9 Å². The second kappa shape index (κ2) is 7.21. The van der Waals surface area contributed by atoms with Crippen molar-refractivity contribution in [1.29, 1.82) is 0 Å². The molecule has 25 heavy (non-hydrogen) atoms. The van der Waals surface area contributed by atoms with Crippen LogP contribution in [0.15, 0.2) is 48.7 Å². The SMILES string of the molecule is CCOC(=O)c1cnc2c(C)cccc2c1Nc1cccc(OC)c1. The quantitative estimate of drug-likeness (QED) is 0.697. The lowest BCUT2D eigenvalue weighted by Crippen LogP contribution is -2.09. The van der Waals surface area contributed by atoms with Crippen molar-refractivity contribution in [2.75, 3.05) is 19.0 Å². The van der Waals surface area contributed by atoms with Crippen molar-refractivity contribution < 1.29 is 14.3 Å². The highest BCUT2D eigenvalue weighted by molar-refractivity contribution is 6.06. The average Bonchev–Trinajstić information content (AvgIpc) is 2.63. The maximum absolute atomic E-state index is 12.4. The fourth-order valence-corrected chi connectivity index (χ4v) is 2.71. The molecule has 0 unspecified atom stereocenters. The van der Waals surface area contributed by atoms with E-state index in [1.807, 2.05) is 49.4 Å². The van der Waals surface area contributed by atoms with Gasteiger partial charge in [-0.15, -0.1) is 0 Å². The molecule has 0 aliphatic carbocycles. The summed E-state index contributed by atoms with van der Waals surface area (Å²) in [5.41, 5.74) is 3.80. The molecule has 5 heteroatoms. The largest absolute Gasteiger partial charge is 0.497 e. The van der Waals surface area contributed by atoms with Crippen LogP contribution in [-0.4, -0.2) is 24.7 Å². The van der Waals surface area contributed by atoms with E-state index in [4.69, 9.17) is 9.47 Å². The fraction of sp³-hybridized carbons (Fsp3) is 0.200. The minimum Gasteiger partial charge on any atom is -0.497 e. The van der Waals surface area contributed by atoms with Gasteiger partial charge in [0.05, 0.1) is 24.9 Å². The van der Waals surface area contributed by atoms with E-state index < -0.39 is 5.97 Å². The highest BCUT2D eigenvalue weighted by atomic mass is 16.5. The summed E-state index contributed by atoms with van der Waals surface area (Å²) in [4.78, 5) is 16.8. The number of anilines is 2. The number of carbonyl (C=O) groups excluding carboxylic acids is 1. The molecule has 128 valence electrons. The van der Waals surface area contributed by atoms with Crippen LogP contribution in [0.1, 0.15) is 22.8 Å². The van der Waals surface area contributed by atoms with Gasteiger partial charge in [0.15, 0.2) is 0 Å². The molecule has 0 fully saturated rings. The topological polar surface area (TPSA) is 60.5 Å². The van der Waals surface area contributed by atoms with E-state index in [1.165, 1.54) is 0 Å². The van der Waals surface area contributed by atoms with Crippen molar-refractivity contribution in [2.24, 2.45) is 0 Å². The third-order valence-electron chi connectivity index (χ3n) is 3.93. The maximum Gasteiger partial charge on any atom is 0.341 e. The van der Waals surface area contributed by atoms with Crippen LogP contribution >= 0.6 is 0 Å². The third-order valence-corrected chi connectivity index (χ3v) is 3.93. The highest BCUT2D eigenvalue weighted by Crippen LogP contribution is 2.32. The number of fused-ring (bicyclic) bond motifs is 1. The Labute approximate surface area is 146 Å². The molecule has 0 bridgehead atoms. The maximum atomic E-state index is 12.4. The number of hydrogen-bond donors (Lipinski definition) is 1. The Morgan fingerprint density at radius 2 is 2.00 bits per heavy atom. The number of aromatic nitrogens is 1. The number of ether oxygens (including phenoxy) is 2. The number of nitrogens with zero attached hydrogens (tertiary/aromatic N) is 1. The molecule has 0 amide bonds. The molecule has 3 rings (SSSR count). The minimum absolute atomic E-state index is 0.309. The summed E-state index contributed by atoms with van der Waals surface area (Å²) in [5, 5.41) is 4.20.